The summed E-state index contributed by atoms with van der Waals surface area (Å²) in [6.07, 6.45) is 17.4. The second-order valence-corrected chi connectivity index (χ2v) is 9.27. The summed E-state index contributed by atoms with van der Waals surface area (Å²) in [5.41, 5.74) is 13.9. The first-order valence-electron chi connectivity index (χ1n) is 12.2. The molecule has 35 heavy (non-hydrogen) atoms. The van der Waals surface area contributed by atoms with Gasteiger partial charge in [0.15, 0.2) is 0 Å². The average molecular weight is 468 g/mol. The van der Waals surface area contributed by atoms with Gasteiger partial charge in [0.25, 0.3) is 0 Å². The third-order valence-electron chi connectivity index (χ3n) is 6.15. The van der Waals surface area contributed by atoms with Crippen molar-refractivity contribution in [2.75, 3.05) is 5.73 Å². The Balaban J connectivity index is 1.63. The molecule has 0 aromatic carbocycles. The highest BCUT2D eigenvalue weighted by atomic mass is 16.1. The topological polar surface area (TPSA) is 108 Å². The molecule has 5 N–H and O–H groups in total. The lowest BCUT2D eigenvalue weighted by atomic mass is 10.0. The van der Waals surface area contributed by atoms with Crippen molar-refractivity contribution in [1.29, 1.82) is 5.41 Å². The highest BCUT2D eigenvalue weighted by Crippen LogP contribution is 2.26. The second-order valence-electron chi connectivity index (χ2n) is 9.27. The molecule has 0 aliphatic heterocycles. The van der Waals surface area contributed by atoms with Crippen LogP contribution in [0, 0.1) is 11.3 Å². The number of rotatable bonds is 7. The number of nitrogens with two attached hydrogens (primary N) is 1. The largest absolute Gasteiger partial charge is 0.397 e. The van der Waals surface area contributed by atoms with Gasteiger partial charge in [-0.05, 0) is 60.8 Å². The van der Waals surface area contributed by atoms with Crippen molar-refractivity contribution < 1.29 is 4.79 Å². The molecule has 6 heteroatoms. The molecule has 0 unspecified atom stereocenters. The molecule has 0 radical (unpaired) electrons. The van der Waals surface area contributed by atoms with Crippen LogP contribution in [0.2, 0.25) is 0 Å². The van der Waals surface area contributed by atoms with Crippen LogP contribution in [-0.4, -0.2) is 21.6 Å². The van der Waals surface area contributed by atoms with Crippen molar-refractivity contribution in [3.63, 3.8) is 0 Å². The van der Waals surface area contributed by atoms with Crippen molar-refractivity contribution >= 4 is 29.0 Å². The molecule has 2 heterocycles. The van der Waals surface area contributed by atoms with E-state index < -0.39 is 0 Å². The number of carbonyl (C=O) groups is 1. The van der Waals surface area contributed by atoms with Crippen LogP contribution in [0.25, 0.3) is 11.6 Å². The molecule has 1 amide bonds. The molecule has 1 atom stereocenters. The van der Waals surface area contributed by atoms with Crippen LogP contribution in [0.1, 0.15) is 68.4 Å². The zero-order chi connectivity index (χ0) is 24.9. The fourth-order valence-electron chi connectivity index (χ4n) is 4.21. The maximum Gasteiger partial charge on any atom is 0.224 e. The Labute approximate surface area is 206 Å². The molecule has 2 aromatic rings. The number of aromatic nitrogens is 2. The number of fused-ring (bicyclic) bond motifs is 1. The molecule has 0 saturated heterocycles. The van der Waals surface area contributed by atoms with Gasteiger partial charge in [0, 0.05) is 24.2 Å². The first-order valence-corrected chi connectivity index (χ1v) is 12.2. The maximum absolute atomic E-state index is 12.3. The van der Waals surface area contributed by atoms with Gasteiger partial charge in [-0.15, -0.1) is 0 Å². The molecule has 2 aromatic heterocycles. The first kappa shape index (κ1) is 24.2. The number of amides is 1. The number of carbonyl (C=O) groups excluding carboxylic acids is 1. The summed E-state index contributed by atoms with van der Waals surface area (Å²) in [6.45, 7) is 6.25. The Morgan fingerprint density at radius 1 is 1.31 bits per heavy atom. The number of aromatic amines is 1. The van der Waals surface area contributed by atoms with Crippen molar-refractivity contribution in [3.05, 3.63) is 94.3 Å². The Morgan fingerprint density at radius 3 is 2.94 bits per heavy atom. The van der Waals surface area contributed by atoms with E-state index in [1.54, 1.807) is 6.07 Å². The van der Waals surface area contributed by atoms with Gasteiger partial charge in [0.1, 0.15) is 11.4 Å². The summed E-state index contributed by atoms with van der Waals surface area (Å²) in [5.74, 6) is 0.172. The van der Waals surface area contributed by atoms with Crippen LogP contribution in [0.3, 0.4) is 0 Å². The van der Waals surface area contributed by atoms with Crippen LogP contribution in [0.4, 0.5) is 5.69 Å². The van der Waals surface area contributed by atoms with Gasteiger partial charge in [0.05, 0.1) is 17.1 Å². The molecular formula is C29H33N5O. The minimum atomic E-state index is 0.00929. The number of nitrogens with zero attached hydrogens (tertiary/aromatic N) is 1. The number of anilines is 1. The van der Waals surface area contributed by atoms with E-state index in [9.17, 15) is 4.79 Å². The highest BCUT2D eigenvalue weighted by molar-refractivity contribution is 6.12. The van der Waals surface area contributed by atoms with Gasteiger partial charge in [-0.1, -0.05) is 56.2 Å². The van der Waals surface area contributed by atoms with E-state index in [0.717, 1.165) is 41.8 Å². The van der Waals surface area contributed by atoms with Crippen LogP contribution in [0.15, 0.2) is 65.9 Å². The van der Waals surface area contributed by atoms with Crippen molar-refractivity contribution in [3.8, 4) is 0 Å². The summed E-state index contributed by atoms with van der Waals surface area (Å²) in [4.78, 5) is 20.5. The molecule has 0 spiro atoms. The number of unbranched alkanes of at least 4 members (excludes halogenated alkanes) is 1. The summed E-state index contributed by atoms with van der Waals surface area (Å²) in [6, 6.07) is 5.64. The lowest BCUT2D eigenvalue weighted by molar-refractivity contribution is -0.120. The van der Waals surface area contributed by atoms with Crippen molar-refractivity contribution in [1.82, 2.24) is 15.3 Å². The zero-order valence-electron chi connectivity index (χ0n) is 20.6. The van der Waals surface area contributed by atoms with E-state index in [4.69, 9.17) is 16.1 Å². The fraction of sp³-hybridized carbons (Fsp3) is 0.276. The molecule has 0 saturated carbocycles. The summed E-state index contributed by atoms with van der Waals surface area (Å²) >= 11 is 0. The molecule has 0 bridgehead atoms. The number of hydrogen-bond donors (Lipinski definition) is 4. The molecule has 2 aliphatic rings. The molecule has 180 valence electrons. The van der Waals surface area contributed by atoms with Gasteiger partial charge in [-0.2, -0.15) is 0 Å². The predicted molar refractivity (Wildman–Crippen MR) is 144 cm³/mol. The average Bonchev–Trinajstić information content (AvgIpc) is 3.01. The third-order valence-corrected chi connectivity index (χ3v) is 6.15. The fourth-order valence-corrected chi connectivity index (χ4v) is 4.21. The predicted octanol–water partition coefficient (Wildman–Crippen LogP) is 5.70. The van der Waals surface area contributed by atoms with E-state index in [1.165, 1.54) is 5.57 Å². The molecule has 2 aliphatic carbocycles. The number of allylic oxidation sites excluding steroid dienone is 8. The Morgan fingerprint density at radius 2 is 2.14 bits per heavy atom. The van der Waals surface area contributed by atoms with E-state index in [0.29, 0.717) is 29.2 Å². The SMILES string of the molecule is CCCCC(=O)NC1=CC(c2ccc(N)c(C(=N)c3cc4c([nH]3)CC(C)=CC=C4)n2)=C[C@@H](C)C=C1. The number of pyridine rings is 1. The summed E-state index contributed by atoms with van der Waals surface area (Å²) in [7, 11) is 0. The lowest BCUT2D eigenvalue weighted by Crippen LogP contribution is -2.21. The quantitative estimate of drug-likeness (QED) is 0.392. The first-order chi connectivity index (χ1) is 16.8. The summed E-state index contributed by atoms with van der Waals surface area (Å²) in [5, 5.41) is 11.9. The Kier molecular flexibility index (Phi) is 7.30. The monoisotopic (exact) mass is 467 g/mol. The smallest absolute Gasteiger partial charge is 0.224 e. The number of hydrogen-bond acceptors (Lipinski definition) is 4. The van der Waals surface area contributed by atoms with Gasteiger partial charge < -0.3 is 16.0 Å². The van der Waals surface area contributed by atoms with Crippen LogP contribution < -0.4 is 11.1 Å². The Bertz CT molecular complexity index is 1300. The maximum atomic E-state index is 12.3. The number of nitrogen functional groups attached to an aromatic ring is 1. The second kappa shape index (κ2) is 10.6. The van der Waals surface area contributed by atoms with E-state index in [-0.39, 0.29) is 17.5 Å². The third kappa shape index (κ3) is 5.77. The zero-order valence-corrected chi connectivity index (χ0v) is 20.6. The molecular weight excluding hydrogens is 434 g/mol. The lowest BCUT2D eigenvalue weighted by Gasteiger charge is -2.11. The van der Waals surface area contributed by atoms with Gasteiger partial charge >= 0.3 is 0 Å². The van der Waals surface area contributed by atoms with E-state index >= 15 is 0 Å². The normalized spacial score (nSPS) is 17.0. The number of nitrogens with one attached hydrogen (secondary N) is 3. The van der Waals surface area contributed by atoms with Gasteiger partial charge in [0.2, 0.25) is 5.91 Å². The number of H-pyrrole nitrogens is 1. The van der Waals surface area contributed by atoms with Gasteiger partial charge in [-0.3, -0.25) is 10.2 Å². The van der Waals surface area contributed by atoms with Crippen LogP contribution in [0.5, 0.6) is 0 Å². The van der Waals surface area contributed by atoms with Crippen molar-refractivity contribution in [2.45, 2.75) is 46.5 Å². The molecule has 0 fully saturated rings. The van der Waals surface area contributed by atoms with Gasteiger partial charge in [-0.25, -0.2) is 4.98 Å². The highest BCUT2D eigenvalue weighted by Gasteiger charge is 2.18. The molecule has 6 nitrogen and oxygen atoms in total. The van der Waals surface area contributed by atoms with Crippen molar-refractivity contribution in [2.24, 2.45) is 5.92 Å². The van der Waals surface area contributed by atoms with E-state index in [2.05, 4.69) is 55.4 Å². The van der Waals surface area contributed by atoms with Crippen LogP contribution >= 0.6 is 0 Å². The molecule has 4 rings (SSSR count). The minimum absolute atomic E-state index is 0.00929. The van der Waals surface area contributed by atoms with Crippen LogP contribution in [-0.2, 0) is 11.2 Å². The minimum Gasteiger partial charge on any atom is -0.397 e. The summed E-state index contributed by atoms with van der Waals surface area (Å²) < 4.78 is 0. The Hall–Kier alpha value is -3.93. The van der Waals surface area contributed by atoms with E-state index in [1.807, 2.05) is 30.4 Å². The standard InChI is InChI=1S/C29H33N5O/c1-4-5-9-27(35)32-22-11-10-19(3)14-21(16-22)24-13-12-23(30)29(34-24)28(31)26-17-20-8-6-7-18(2)15-25(20)33-26/h6-8,10-14,16-17,19,31,33H,4-5,9,15,30H2,1-3H3,(H,32,35)/t19-/m0/s1.